The summed E-state index contributed by atoms with van der Waals surface area (Å²) in [6.07, 6.45) is 1.20. The van der Waals surface area contributed by atoms with Crippen LogP contribution in [0, 0.1) is 5.82 Å². The first-order valence-corrected chi connectivity index (χ1v) is 8.66. The van der Waals surface area contributed by atoms with Gasteiger partial charge in [0, 0.05) is 30.7 Å². The van der Waals surface area contributed by atoms with Crippen LogP contribution in [0.2, 0.25) is 0 Å². The van der Waals surface area contributed by atoms with Gasteiger partial charge in [-0.1, -0.05) is 15.9 Å². The van der Waals surface area contributed by atoms with E-state index in [1.54, 1.807) is 23.1 Å². The van der Waals surface area contributed by atoms with Crippen LogP contribution in [0.25, 0.3) is 0 Å². The van der Waals surface area contributed by atoms with Gasteiger partial charge in [0.1, 0.15) is 11.6 Å². The summed E-state index contributed by atoms with van der Waals surface area (Å²) in [7, 11) is 0. The van der Waals surface area contributed by atoms with E-state index < -0.39 is 0 Å². The highest BCUT2D eigenvalue weighted by molar-refractivity contribution is 9.10. The molecule has 2 aromatic rings. The molecule has 1 aromatic heterocycles. The average Bonchev–Trinajstić information content (AvgIpc) is 3.09. The number of ether oxygens (including phenoxy) is 2. The molecule has 1 fully saturated rings. The Morgan fingerprint density at radius 3 is 2.68 bits per heavy atom. The minimum Gasteiger partial charge on any atom is -0.454 e. The van der Waals surface area contributed by atoms with Crippen molar-refractivity contribution in [2.24, 2.45) is 0 Å². The molecule has 2 aliphatic heterocycles. The van der Waals surface area contributed by atoms with Crippen molar-refractivity contribution in [3.05, 3.63) is 46.3 Å². The van der Waals surface area contributed by atoms with Gasteiger partial charge in [0.15, 0.2) is 11.5 Å². The Bertz CT molecular complexity index is 808. The lowest BCUT2D eigenvalue weighted by atomic mass is 10.1. The standard InChI is InChI=1S/C17H15BrFN3O3/c18-11-7-13(16-14(8-11)24-10-25-16)17(23)22-5-3-21(4-6-22)15-2-1-12(19)9-20-15/h1-2,7-9H,3-6,10H2. The van der Waals surface area contributed by atoms with E-state index in [9.17, 15) is 9.18 Å². The number of piperazine rings is 1. The van der Waals surface area contributed by atoms with Gasteiger partial charge >= 0.3 is 0 Å². The number of anilines is 1. The summed E-state index contributed by atoms with van der Waals surface area (Å²) in [4.78, 5) is 20.8. The Morgan fingerprint density at radius 1 is 1.16 bits per heavy atom. The van der Waals surface area contributed by atoms with Crippen molar-refractivity contribution >= 4 is 27.7 Å². The highest BCUT2D eigenvalue weighted by Crippen LogP contribution is 2.39. The quantitative estimate of drug-likeness (QED) is 0.765. The van der Waals surface area contributed by atoms with E-state index in [2.05, 4.69) is 20.9 Å². The molecule has 0 unspecified atom stereocenters. The van der Waals surface area contributed by atoms with Gasteiger partial charge in [0.2, 0.25) is 6.79 Å². The summed E-state index contributed by atoms with van der Waals surface area (Å²) in [6, 6.07) is 6.59. The van der Waals surface area contributed by atoms with E-state index in [0.717, 1.165) is 4.47 Å². The number of amides is 1. The van der Waals surface area contributed by atoms with Crippen molar-refractivity contribution < 1.29 is 18.7 Å². The van der Waals surface area contributed by atoms with Gasteiger partial charge in [-0.3, -0.25) is 4.79 Å². The second kappa shape index (κ2) is 6.51. The summed E-state index contributed by atoms with van der Waals surface area (Å²) in [5.74, 6) is 1.34. The monoisotopic (exact) mass is 407 g/mol. The van der Waals surface area contributed by atoms with Crippen molar-refractivity contribution in [1.82, 2.24) is 9.88 Å². The first-order chi connectivity index (χ1) is 12.1. The largest absolute Gasteiger partial charge is 0.454 e. The van der Waals surface area contributed by atoms with Gasteiger partial charge in [0.25, 0.3) is 5.91 Å². The number of fused-ring (bicyclic) bond motifs is 1. The topological polar surface area (TPSA) is 54.9 Å². The predicted molar refractivity (Wildman–Crippen MR) is 92.6 cm³/mol. The third kappa shape index (κ3) is 3.13. The van der Waals surface area contributed by atoms with Gasteiger partial charge < -0.3 is 19.3 Å². The second-order valence-electron chi connectivity index (χ2n) is 5.80. The van der Waals surface area contributed by atoms with Crippen LogP contribution in [0.3, 0.4) is 0 Å². The number of carbonyl (C=O) groups excluding carboxylic acids is 1. The van der Waals surface area contributed by atoms with Crippen LogP contribution in [-0.2, 0) is 0 Å². The van der Waals surface area contributed by atoms with Crippen molar-refractivity contribution in [2.45, 2.75) is 0 Å². The van der Waals surface area contributed by atoms with E-state index in [4.69, 9.17) is 9.47 Å². The summed E-state index contributed by atoms with van der Waals surface area (Å²) in [6.45, 7) is 2.51. The van der Waals surface area contributed by atoms with Crippen molar-refractivity contribution in [2.75, 3.05) is 37.9 Å². The van der Waals surface area contributed by atoms with Crippen LogP contribution >= 0.6 is 15.9 Å². The smallest absolute Gasteiger partial charge is 0.257 e. The molecule has 0 aliphatic carbocycles. The zero-order chi connectivity index (χ0) is 17.4. The molecule has 0 radical (unpaired) electrons. The van der Waals surface area contributed by atoms with Crippen molar-refractivity contribution in [3.8, 4) is 11.5 Å². The maximum absolute atomic E-state index is 13.0. The SMILES string of the molecule is O=C(c1cc(Br)cc2c1OCO2)N1CCN(c2ccc(F)cn2)CC1. The summed E-state index contributed by atoms with van der Waals surface area (Å²) < 4.78 is 24.6. The second-order valence-corrected chi connectivity index (χ2v) is 6.72. The van der Waals surface area contributed by atoms with Gasteiger partial charge in [-0.25, -0.2) is 9.37 Å². The molecule has 25 heavy (non-hydrogen) atoms. The molecule has 2 aliphatic rings. The number of pyridine rings is 1. The van der Waals surface area contributed by atoms with Gasteiger partial charge in [-0.05, 0) is 24.3 Å². The molecule has 8 heteroatoms. The number of halogens is 2. The fourth-order valence-electron chi connectivity index (χ4n) is 3.00. The lowest BCUT2D eigenvalue weighted by Crippen LogP contribution is -2.49. The number of hydrogen-bond acceptors (Lipinski definition) is 5. The molecule has 6 nitrogen and oxygen atoms in total. The van der Waals surface area contributed by atoms with Gasteiger partial charge in [-0.15, -0.1) is 0 Å². The number of aromatic nitrogens is 1. The molecule has 3 heterocycles. The zero-order valence-corrected chi connectivity index (χ0v) is 14.8. The van der Waals surface area contributed by atoms with E-state index in [-0.39, 0.29) is 18.5 Å². The Morgan fingerprint density at radius 2 is 1.96 bits per heavy atom. The molecule has 1 saturated heterocycles. The van der Waals surface area contributed by atoms with Crippen LogP contribution in [0.15, 0.2) is 34.9 Å². The van der Waals surface area contributed by atoms with E-state index >= 15 is 0 Å². The fraction of sp³-hybridized carbons (Fsp3) is 0.294. The molecule has 0 saturated carbocycles. The van der Waals surface area contributed by atoms with Crippen LogP contribution in [0.4, 0.5) is 10.2 Å². The highest BCUT2D eigenvalue weighted by Gasteiger charge is 2.29. The van der Waals surface area contributed by atoms with E-state index in [1.807, 2.05) is 4.90 Å². The molecular weight excluding hydrogens is 393 g/mol. The van der Waals surface area contributed by atoms with Crippen LogP contribution in [-0.4, -0.2) is 48.8 Å². The molecule has 0 atom stereocenters. The zero-order valence-electron chi connectivity index (χ0n) is 13.2. The summed E-state index contributed by atoms with van der Waals surface area (Å²) >= 11 is 3.40. The Kier molecular flexibility index (Phi) is 4.20. The van der Waals surface area contributed by atoms with Crippen LogP contribution in [0.5, 0.6) is 11.5 Å². The van der Waals surface area contributed by atoms with Gasteiger partial charge in [-0.2, -0.15) is 0 Å². The van der Waals surface area contributed by atoms with Gasteiger partial charge in [0.05, 0.1) is 11.8 Å². The first-order valence-electron chi connectivity index (χ1n) is 7.87. The van der Waals surface area contributed by atoms with Crippen molar-refractivity contribution in [1.29, 1.82) is 0 Å². The molecule has 1 amide bonds. The number of nitrogens with zero attached hydrogens (tertiary/aromatic N) is 3. The van der Waals surface area contributed by atoms with Crippen molar-refractivity contribution in [3.63, 3.8) is 0 Å². The first kappa shape index (κ1) is 16.1. The lowest BCUT2D eigenvalue weighted by molar-refractivity contribution is 0.0741. The minimum atomic E-state index is -0.358. The molecule has 0 bridgehead atoms. The molecule has 0 spiro atoms. The molecule has 0 N–H and O–H groups in total. The maximum Gasteiger partial charge on any atom is 0.257 e. The number of benzene rings is 1. The maximum atomic E-state index is 13.0. The van der Waals surface area contributed by atoms with E-state index in [1.165, 1.54) is 12.3 Å². The number of hydrogen-bond donors (Lipinski definition) is 0. The third-order valence-electron chi connectivity index (χ3n) is 4.27. The Hall–Kier alpha value is -2.35. The molecule has 130 valence electrons. The summed E-state index contributed by atoms with van der Waals surface area (Å²) in [5, 5.41) is 0. The van der Waals surface area contributed by atoms with E-state index in [0.29, 0.717) is 49.1 Å². The number of rotatable bonds is 2. The Labute approximate surface area is 152 Å². The number of carbonyl (C=O) groups is 1. The molecule has 1 aromatic carbocycles. The highest BCUT2D eigenvalue weighted by atomic mass is 79.9. The third-order valence-corrected chi connectivity index (χ3v) is 4.73. The predicted octanol–water partition coefficient (Wildman–Crippen LogP) is 2.67. The minimum absolute atomic E-state index is 0.0882. The normalized spacial score (nSPS) is 16.2. The molecular formula is C17H15BrFN3O3. The summed E-state index contributed by atoms with van der Waals surface area (Å²) in [5.41, 5.74) is 0.496. The van der Waals surface area contributed by atoms with Crippen LogP contribution in [0.1, 0.15) is 10.4 Å². The fourth-order valence-corrected chi connectivity index (χ4v) is 3.44. The average molecular weight is 408 g/mol. The Balaban J connectivity index is 1.48. The lowest BCUT2D eigenvalue weighted by Gasteiger charge is -2.35. The van der Waals surface area contributed by atoms with Crippen LogP contribution < -0.4 is 14.4 Å². The molecule has 4 rings (SSSR count).